The Morgan fingerprint density at radius 1 is 1.21 bits per heavy atom. The van der Waals surface area contributed by atoms with Gasteiger partial charge in [0.2, 0.25) is 5.91 Å². The van der Waals surface area contributed by atoms with E-state index in [4.69, 9.17) is 0 Å². The van der Waals surface area contributed by atoms with Gasteiger partial charge in [0.15, 0.2) is 0 Å². The molecule has 0 saturated carbocycles. The lowest BCUT2D eigenvalue weighted by atomic mass is 9.95. The summed E-state index contributed by atoms with van der Waals surface area (Å²) in [6.07, 6.45) is 9.12. The van der Waals surface area contributed by atoms with Gasteiger partial charge in [0.1, 0.15) is 0 Å². The van der Waals surface area contributed by atoms with Crippen LogP contribution in [0.5, 0.6) is 0 Å². The number of piperidine rings is 1. The maximum atomic E-state index is 13.0. The largest absolute Gasteiger partial charge is 0.339 e. The van der Waals surface area contributed by atoms with Gasteiger partial charge < -0.3 is 9.80 Å². The van der Waals surface area contributed by atoms with E-state index in [2.05, 4.69) is 15.2 Å². The Balaban J connectivity index is 1.76. The van der Waals surface area contributed by atoms with Crippen LogP contribution < -0.4 is 0 Å². The molecule has 3 rings (SSSR count). The number of nitrogens with one attached hydrogen (secondary N) is 1. The van der Waals surface area contributed by atoms with Gasteiger partial charge in [0.25, 0.3) is 5.91 Å². The summed E-state index contributed by atoms with van der Waals surface area (Å²) in [5.74, 6) is 0.0980. The van der Waals surface area contributed by atoms with E-state index in [0.717, 1.165) is 37.1 Å². The molecule has 0 spiro atoms. The molecule has 2 aromatic rings. The van der Waals surface area contributed by atoms with Crippen molar-refractivity contribution in [3.8, 4) is 0 Å². The molecule has 0 radical (unpaired) electrons. The molecule has 3 heterocycles. The van der Waals surface area contributed by atoms with Gasteiger partial charge in [-0.25, -0.2) is 0 Å². The van der Waals surface area contributed by atoms with Crippen LogP contribution in [0.15, 0.2) is 30.7 Å². The molecule has 1 saturated heterocycles. The lowest BCUT2D eigenvalue weighted by molar-refractivity contribution is -0.135. The van der Waals surface area contributed by atoms with Gasteiger partial charge in [-0.05, 0) is 57.2 Å². The number of hydrogen-bond acceptors (Lipinski definition) is 4. The first-order valence-corrected chi connectivity index (χ1v) is 10.2. The van der Waals surface area contributed by atoms with E-state index in [1.807, 2.05) is 30.9 Å². The summed E-state index contributed by atoms with van der Waals surface area (Å²) >= 11 is 0. The van der Waals surface area contributed by atoms with Gasteiger partial charge in [-0.2, -0.15) is 5.10 Å². The number of rotatable bonds is 7. The third-order valence-electron chi connectivity index (χ3n) is 5.48. The predicted molar refractivity (Wildman–Crippen MR) is 107 cm³/mol. The molecule has 1 fully saturated rings. The quantitative estimate of drug-likeness (QED) is 0.797. The van der Waals surface area contributed by atoms with Gasteiger partial charge >= 0.3 is 0 Å². The van der Waals surface area contributed by atoms with Crippen LogP contribution >= 0.6 is 0 Å². The number of aryl methyl sites for hydroxylation is 1. The second-order valence-corrected chi connectivity index (χ2v) is 7.13. The van der Waals surface area contributed by atoms with Crippen LogP contribution in [0.25, 0.3) is 0 Å². The summed E-state index contributed by atoms with van der Waals surface area (Å²) in [4.78, 5) is 33.6. The maximum Gasteiger partial charge on any atom is 0.257 e. The highest BCUT2D eigenvalue weighted by atomic mass is 16.2. The molecular formula is C21H29N5O2. The molecule has 1 N–H and O–H groups in total. The van der Waals surface area contributed by atoms with Gasteiger partial charge in [-0.1, -0.05) is 0 Å². The lowest BCUT2D eigenvalue weighted by Crippen LogP contribution is -2.40. The fourth-order valence-corrected chi connectivity index (χ4v) is 3.88. The number of aromatic nitrogens is 3. The van der Waals surface area contributed by atoms with Gasteiger partial charge in [0.05, 0.1) is 23.5 Å². The van der Waals surface area contributed by atoms with Crippen molar-refractivity contribution in [3.05, 3.63) is 47.5 Å². The molecular weight excluding hydrogens is 354 g/mol. The van der Waals surface area contributed by atoms with Crippen molar-refractivity contribution in [2.45, 2.75) is 52.0 Å². The molecule has 28 heavy (non-hydrogen) atoms. The van der Waals surface area contributed by atoms with Crippen molar-refractivity contribution in [2.24, 2.45) is 0 Å². The Morgan fingerprint density at radius 3 is 2.68 bits per heavy atom. The summed E-state index contributed by atoms with van der Waals surface area (Å²) in [6, 6.07) is 3.77. The van der Waals surface area contributed by atoms with Crippen molar-refractivity contribution in [3.63, 3.8) is 0 Å². The minimum atomic E-state index is -0.115. The van der Waals surface area contributed by atoms with Crippen molar-refractivity contribution in [1.29, 1.82) is 0 Å². The highest BCUT2D eigenvalue weighted by Gasteiger charge is 2.32. The average molecular weight is 383 g/mol. The molecule has 7 nitrogen and oxygen atoms in total. The Morgan fingerprint density at radius 2 is 1.96 bits per heavy atom. The number of carbonyl (C=O) groups is 2. The van der Waals surface area contributed by atoms with Crippen LogP contribution in [0.2, 0.25) is 0 Å². The van der Waals surface area contributed by atoms with Crippen molar-refractivity contribution in [1.82, 2.24) is 25.0 Å². The summed E-state index contributed by atoms with van der Waals surface area (Å²) in [5, 5.41) is 7.16. The number of hydrogen-bond donors (Lipinski definition) is 1. The Bertz CT molecular complexity index is 785. The van der Waals surface area contributed by atoms with Gasteiger partial charge in [-0.3, -0.25) is 19.7 Å². The molecule has 0 unspecified atom stereocenters. The molecule has 2 aromatic heterocycles. The maximum absolute atomic E-state index is 13.0. The van der Waals surface area contributed by atoms with Crippen molar-refractivity contribution in [2.75, 3.05) is 19.6 Å². The van der Waals surface area contributed by atoms with E-state index in [-0.39, 0.29) is 17.9 Å². The first-order chi connectivity index (χ1) is 13.7. The minimum Gasteiger partial charge on any atom is -0.339 e. The van der Waals surface area contributed by atoms with E-state index in [0.29, 0.717) is 31.5 Å². The summed E-state index contributed by atoms with van der Waals surface area (Å²) in [5.41, 5.74) is 2.47. The van der Waals surface area contributed by atoms with Crippen LogP contribution in [0.1, 0.15) is 67.2 Å². The third kappa shape index (κ3) is 4.40. The molecule has 1 atom stereocenters. The van der Waals surface area contributed by atoms with Crippen molar-refractivity contribution >= 4 is 11.8 Å². The van der Waals surface area contributed by atoms with E-state index in [1.54, 1.807) is 23.5 Å². The van der Waals surface area contributed by atoms with Crippen molar-refractivity contribution < 1.29 is 9.59 Å². The lowest BCUT2D eigenvalue weighted by Gasteiger charge is -2.36. The standard InChI is InChI=1S/C21H29N5O2/c1-3-25(4-2)21(28)17-15-23-24-20(17)18-7-5-6-14-26(18)19(27)9-8-16-10-12-22-13-11-16/h10-13,15,18H,3-9,14H2,1-2H3,(H,23,24)/t18-/m0/s1. The number of aromatic amines is 1. The molecule has 2 amide bonds. The predicted octanol–water partition coefficient (Wildman–Crippen LogP) is 2.97. The topological polar surface area (TPSA) is 82.2 Å². The van der Waals surface area contributed by atoms with Crippen LogP contribution in [0, 0.1) is 0 Å². The smallest absolute Gasteiger partial charge is 0.257 e. The monoisotopic (exact) mass is 383 g/mol. The normalized spacial score (nSPS) is 16.8. The highest BCUT2D eigenvalue weighted by Crippen LogP contribution is 2.32. The Kier molecular flexibility index (Phi) is 6.79. The number of nitrogens with zero attached hydrogens (tertiary/aromatic N) is 4. The molecule has 150 valence electrons. The van der Waals surface area contributed by atoms with Gasteiger partial charge in [-0.15, -0.1) is 0 Å². The fraction of sp³-hybridized carbons (Fsp3) is 0.524. The zero-order valence-electron chi connectivity index (χ0n) is 16.7. The second kappa shape index (κ2) is 9.48. The summed E-state index contributed by atoms with van der Waals surface area (Å²) < 4.78 is 0. The zero-order valence-corrected chi connectivity index (χ0v) is 16.7. The second-order valence-electron chi connectivity index (χ2n) is 7.13. The molecule has 7 heteroatoms. The number of amides is 2. The van der Waals surface area contributed by atoms with E-state index >= 15 is 0 Å². The number of carbonyl (C=O) groups excluding carboxylic acids is 2. The molecule has 0 bridgehead atoms. The SMILES string of the molecule is CCN(CC)C(=O)c1cn[nH]c1[C@@H]1CCCCN1C(=O)CCc1ccncc1. The highest BCUT2D eigenvalue weighted by molar-refractivity contribution is 5.95. The first kappa shape index (κ1) is 20.0. The van der Waals surface area contributed by atoms with Crippen LogP contribution in [-0.2, 0) is 11.2 Å². The first-order valence-electron chi connectivity index (χ1n) is 10.2. The molecule has 1 aliphatic rings. The molecule has 1 aliphatic heterocycles. The number of pyridine rings is 1. The third-order valence-corrected chi connectivity index (χ3v) is 5.48. The fourth-order valence-electron chi connectivity index (χ4n) is 3.88. The zero-order chi connectivity index (χ0) is 19.9. The van der Waals surface area contributed by atoms with Gasteiger partial charge in [0, 0.05) is 38.4 Å². The Hall–Kier alpha value is -2.70. The molecule has 0 aromatic carbocycles. The average Bonchev–Trinajstić information content (AvgIpc) is 3.23. The molecule has 0 aliphatic carbocycles. The van der Waals surface area contributed by atoms with Crippen LogP contribution in [-0.4, -0.2) is 56.4 Å². The van der Waals surface area contributed by atoms with Crippen LogP contribution in [0.4, 0.5) is 0 Å². The van der Waals surface area contributed by atoms with E-state index < -0.39 is 0 Å². The Labute approximate surface area is 166 Å². The summed E-state index contributed by atoms with van der Waals surface area (Å²) in [6.45, 7) is 5.96. The minimum absolute atomic E-state index is 0.0245. The van der Waals surface area contributed by atoms with E-state index in [1.165, 1.54) is 0 Å². The number of likely N-dealkylation sites (tertiary alicyclic amines) is 1. The van der Waals surface area contributed by atoms with Crippen LogP contribution in [0.3, 0.4) is 0 Å². The van der Waals surface area contributed by atoms with E-state index in [9.17, 15) is 9.59 Å². The summed E-state index contributed by atoms with van der Waals surface area (Å²) in [7, 11) is 0. The number of H-pyrrole nitrogens is 1.